The van der Waals surface area contributed by atoms with Crippen LogP contribution in [-0.4, -0.2) is 53.7 Å². The Labute approximate surface area is 118 Å². The number of hydrogen-bond acceptors (Lipinski definition) is 3. The van der Waals surface area contributed by atoms with Crippen molar-refractivity contribution in [2.75, 3.05) is 26.2 Å². The van der Waals surface area contributed by atoms with Gasteiger partial charge in [0.1, 0.15) is 0 Å². The molecule has 1 heterocycles. The van der Waals surface area contributed by atoms with Crippen LogP contribution in [0.5, 0.6) is 0 Å². The molecule has 6 nitrogen and oxygen atoms in total. The Balaban J connectivity index is 2.61. The lowest BCUT2D eigenvalue weighted by Crippen LogP contribution is -2.49. The number of nitrogens with two attached hydrogens (primary N) is 1. The van der Waals surface area contributed by atoms with E-state index in [1.807, 2.05) is 0 Å². The number of amides is 3. The van der Waals surface area contributed by atoms with E-state index in [-0.39, 0.29) is 11.8 Å². The van der Waals surface area contributed by atoms with Gasteiger partial charge in [-0.05, 0) is 12.8 Å². The third-order valence-electron chi connectivity index (χ3n) is 3.35. The van der Waals surface area contributed by atoms with Gasteiger partial charge < -0.3 is 15.5 Å². The van der Waals surface area contributed by atoms with Gasteiger partial charge in [-0.15, -0.1) is 13.2 Å². The highest BCUT2D eigenvalue weighted by molar-refractivity contribution is 6.35. The number of carbonyl (C=O) groups excluding carboxylic acids is 3. The topological polar surface area (TPSA) is 83.7 Å². The van der Waals surface area contributed by atoms with E-state index in [4.69, 9.17) is 5.73 Å². The number of nitrogens with zero attached hydrogens (tertiary/aromatic N) is 2. The molecule has 20 heavy (non-hydrogen) atoms. The van der Waals surface area contributed by atoms with Crippen molar-refractivity contribution in [1.29, 1.82) is 0 Å². The molecule has 0 bridgehead atoms. The molecule has 1 fully saturated rings. The van der Waals surface area contributed by atoms with Crippen molar-refractivity contribution in [1.82, 2.24) is 9.80 Å². The molecular weight excluding hydrogens is 258 g/mol. The summed E-state index contributed by atoms with van der Waals surface area (Å²) >= 11 is 0. The molecule has 0 unspecified atom stereocenters. The first-order valence-corrected chi connectivity index (χ1v) is 6.60. The lowest BCUT2D eigenvalue weighted by molar-refractivity contribution is -0.152. The van der Waals surface area contributed by atoms with E-state index in [1.54, 1.807) is 12.2 Å². The summed E-state index contributed by atoms with van der Waals surface area (Å²) in [5.41, 5.74) is 5.24. The quantitative estimate of drug-likeness (QED) is 0.564. The SMILES string of the molecule is C=CCN(CC=C)C(=O)C(=O)N1CCC(C(N)=O)CC1. The minimum atomic E-state index is -0.567. The Bertz CT molecular complexity index is 402. The maximum absolute atomic E-state index is 12.1. The van der Waals surface area contributed by atoms with Crippen LogP contribution in [0.25, 0.3) is 0 Å². The Hall–Kier alpha value is -2.11. The largest absolute Gasteiger partial charge is 0.369 e. The predicted molar refractivity (Wildman–Crippen MR) is 75.5 cm³/mol. The number of rotatable bonds is 5. The van der Waals surface area contributed by atoms with Gasteiger partial charge in [0.2, 0.25) is 5.91 Å². The van der Waals surface area contributed by atoms with E-state index < -0.39 is 11.8 Å². The van der Waals surface area contributed by atoms with Crippen LogP contribution < -0.4 is 5.73 Å². The van der Waals surface area contributed by atoms with Crippen LogP contribution in [0.15, 0.2) is 25.3 Å². The minimum absolute atomic E-state index is 0.202. The Morgan fingerprint density at radius 1 is 1.15 bits per heavy atom. The highest BCUT2D eigenvalue weighted by atomic mass is 16.2. The van der Waals surface area contributed by atoms with Crippen molar-refractivity contribution in [3.63, 3.8) is 0 Å². The van der Waals surface area contributed by atoms with Gasteiger partial charge in [0.25, 0.3) is 0 Å². The van der Waals surface area contributed by atoms with Crippen LogP contribution in [-0.2, 0) is 14.4 Å². The monoisotopic (exact) mass is 279 g/mol. The molecule has 0 aromatic heterocycles. The molecule has 1 aliphatic rings. The fourth-order valence-electron chi connectivity index (χ4n) is 2.19. The molecule has 1 saturated heterocycles. The second-order valence-electron chi connectivity index (χ2n) is 4.76. The van der Waals surface area contributed by atoms with Gasteiger partial charge in [0, 0.05) is 32.1 Å². The summed E-state index contributed by atoms with van der Waals surface area (Å²) in [6.45, 7) is 8.49. The lowest BCUT2D eigenvalue weighted by atomic mass is 9.96. The summed E-state index contributed by atoms with van der Waals surface area (Å²) in [7, 11) is 0. The normalized spacial score (nSPS) is 15.5. The average molecular weight is 279 g/mol. The van der Waals surface area contributed by atoms with E-state index in [9.17, 15) is 14.4 Å². The zero-order chi connectivity index (χ0) is 15.1. The van der Waals surface area contributed by atoms with Gasteiger partial charge in [-0.1, -0.05) is 12.2 Å². The fourth-order valence-corrected chi connectivity index (χ4v) is 2.19. The number of piperidine rings is 1. The van der Waals surface area contributed by atoms with Gasteiger partial charge in [-0.2, -0.15) is 0 Å². The lowest BCUT2D eigenvalue weighted by Gasteiger charge is -2.31. The standard InChI is InChI=1S/C14H21N3O3/c1-3-7-16(8-4-2)13(19)14(20)17-9-5-11(6-10-17)12(15)18/h3-4,11H,1-2,5-10H2,(H2,15,18). The molecule has 3 amide bonds. The molecular formula is C14H21N3O3. The maximum Gasteiger partial charge on any atom is 0.312 e. The molecule has 0 atom stereocenters. The summed E-state index contributed by atoms with van der Waals surface area (Å²) in [5, 5.41) is 0. The van der Waals surface area contributed by atoms with Crippen LogP contribution >= 0.6 is 0 Å². The molecule has 0 spiro atoms. The Kier molecular flexibility index (Phi) is 5.96. The van der Waals surface area contributed by atoms with E-state index in [0.717, 1.165) is 0 Å². The van der Waals surface area contributed by atoms with E-state index >= 15 is 0 Å². The van der Waals surface area contributed by atoms with Crippen LogP contribution in [0.1, 0.15) is 12.8 Å². The molecule has 2 N–H and O–H groups in total. The van der Waals surface area contributed by atoms with Gasteiger partial charge in [-0.25, -0.2) is 0 Å². The molecule has 0 radical (unpaired) electrons. The van der Waals surface area contributed by atoms with Crippen molar-refractivity contribution in [2.24, 2.45) is 11.7 Å². The van der Waals surface area contributed by atoms with Crippen LogP contribution in [0, 0.1) is 5.92 Å². The van der Waals surface area contributed by atoms with Crippen molar-refractivity contribution in [2.45, 2.75) is 12.8 Å². The van der Waals surface area contributed by atoms with Gasteiger partial charge in [-0.3, -0.25) is 14.4 Å². The summed E-state index contributed by atoms with van der Waals surface area (Å²) in [6, 6.07) is 0. The Morgan fingerprint density at radius 2 is 1.65 bits per heavy atom. The maximum atomic E-state index is 12.1. The Morgan fingerprint density at radius 3 is 2.05 bits per heavy atom. The zero-order valence-electron chi connectivity index (χ0n) is 11.6. The molecule has 1 rings (SSSR count). The fraction of sp³-hybridized carbons (Fsp3) is 0.500. The molecule has 0 aromatic carbocycles. The second-order valence-corrected chi connectivity index (χ2v) is 4.76. The average Bonchev–Trinajstić information content (AvgIpc) is 2.45. The molecule has 110 valence electrons. The number of primary amides is 1. The van der Waals surface area contributed by atoms with Crippen molar-refractivity contribution < 1.29 is 14.4 Å². The number of carbonyl (C=O) groups is 3. The number of hydrogen-bond donors (Lipinski definition) is 1. The number of likely N-dealkylation sites (tertiary alicyclic amines) is 1. The first-order chi connectivity index (χ1) is 9.51. The summed E-state index contributed by atoms with van der Waals surface area (Å²) in [5.74, 6) is -1.66. The van der Waals surface area contributed by atoms with E-state index in [2.05, 4.69) is 13.2 Å². The first-order valence-electron chi connectivity index (χ1n) is 6.60. The zero-order valence-corrected chi connectivity index (χ0v) is 11.6. The molecule has 6 heteroatoms. The third kappa shape index (κ3) is 3.94. The third-order valence-corrected chi connectivity index (χ3v) is 3.35. The highest BCUT2D eigenvalue weighted by Crippen LogP contribution is 2.17. The highest BCUT2D eigenvalue weighted by Gasteiger charge is 2.30. The van der Waals surface area contributed by atoms with Crippen molar-refractivity contribution in [3.05, 3.63) is 25.3 Å². The van der Waals surface area contributed by atoms with Crippen molar-refractivity contribution >= 4 is 17.7 Å². The van der Waals surface area contributed by atoms with E-state index in [0.29, 0.717) is 39.0 Å². The van der Waals surface area contributed by atoms with Gasteiger partial charge >= 0.3 is 11.8 Å². The molecule has 0 aromatic rings. The molecule has 0 aliphatic carbocycles. The predicted octanol–water partition coefficient (Wildman–Crippen LogP) is -0.0891. The summed E-state index contributed by atoms with van der Waals surface area (Å²) < 4.78 is 0. The minimum Gasteiger partial charge on any atom is -0.369 e. The second kappa shape index (κ2) is 7.47. The van der Waals surface area contributed by atoms with Crippen LogP contribution in [0.2, 0.25) is 0 Å². The van der Waals surface area contributed by atoms with E-state index in [1.165, 1.54) is 9.80 Å². The van der Waals surface area contributed by atoms with Gasteiger partial charge in [0.15, 0.2) is 0 Å². The van der Waals surface area contributed by atoms with Crippen LogP contribution in [0.4, 0.5) is 0 Å². The first kappa shape index (κ1) is 15.9. The van der Waals surface area contributed by atoms with Gasteiger partial charge in [0.05, 0.1) is 0 Å². The van der Waals surface area contributed by atoms with Crippen LogP contribution in [0.3, 0.4) is 0 Å². The summed E-state index contributed by atoms with van der Waals surface area (Å²) in [4.78, 5) is 38.1. The molecule has 1 aliphatic heterocycles. The smallest absolute Gasteiger partial charge is 0.312 e. The molecule has 0 saturated carbocycles. The van der Waals surface area contributed by atoms with Crippen molar-refractivity contribution in [3.8, 4) is 0 Å². The summed E-state index contributed by atoms with van der Waals surface area (Å²) in [6.07, 6.45) is 4.15.